The first kappa shape index (κ1) is 9.42. The number of hydrogen-bond acceptors (Lipinski definition) is 5. The molecule has 0 radical (unpaired) electrons. The predicted octanol–water partition coefficient (Wildman–Crippen LogP) is -0.404. The molecule has 0 bridgehead atoms. The maximum Gasteiger partial charge on any atom is 0.522 e. The van der Waals surface area contributed by atoms with Crippen molar-refractivity contribution in [1.29, 1.82) is 0 Å². The molecule has 6 heteroatoms. The minimum Gasteiger partial charge on any atom is -0.536 e. The van der Waals surface area contributed by atoms with Gasteiger partial charge in [-0.1, -0.05) is 0 Å². The molecule has 0 aromatic heterocycles. The van der Waals surface area contributed by atoms with Gasteiger partial charge < -0.3 is 24.9 Å². The number of nitrogens with two attached hydrogens (primary N) is 1. The quantitative estimate of drug-likeness (QED) is 0.602. The molecular formula is C8H12BNO4. The van der Waals surface area contributed by atoms with E-state index in [0.29, 0.717) is 17.2 Å². The maximum absolute atomic E-state index is 8.62. The molecule has 5 nitrogen and oxygen atoms in total. The highest BCUT2D eigenvalue weighted by Gasteiger charge is 2.41. The molecule has 0 unspecified atom stereocenters. The fraction of sp³-hybridized carbons (Fsp3) is 0.500. The molecule has 14 heavy (non-hydrogen) atoms. The second-order valence-electron chi connectivity index (χ2n) is 3.14. The average Bonchev–Trinajstić information content (AvgIpc) is 2.64. The van der Waals surface area contributed by atoms with Crippen LogP contribution in [0.25, 0.3) is 0 Å². The molecule has 0 spiro atoms. The van der Waals surface area contributed by atoms with E-state index in [1.165, 1.54) is 0 Å². The molecule has 0 aromatic carbocycles. The molecule has 76 valence electrons. The van der Waals surface area contributed by atoms with E-state index in [1.54, 1.807) is 12.9 Å². The summed E-state index contributed by atoms with van der Waals surface area (Å²) in [6.07, 6.45) is 1.35. The van der Waals surface area contributed by atoms with Crippen molar-refractivity contribution in [2.75, 3.05) is 13.2 Å². The van der Waals surface area contributed by atoms with E-state index < -0.39 is 0 Å². The van der Waals surface area contributed by atoms with Gasteiger partial charge in [-0.25, -0.2) is 0 Å². The summed E-state index contributed by atoms with van der Waals surface area (Å²) in [6.45, 7) is 2.00. The molecule has 1 aliphatic carbocycles. The smallest absolute Gasteiger partial charge is 0.522 e. The largest absolute Gasteiger partial charge is 0.536 e. The Morgan fingerprint density at radius 1 is 1.71 bits per heavy atom. The van der Waals surface area contributed by atoms with Crippen molar-refractivity contribution in [3.8, 4) is 0 Å². The van der Waals surface area contributed by atoms with Gasteiger partial charge >= 0.3 is 7.12 Å². The third kappa shape index (κ3) is 1.47. The summed E-state index contributed by atoms with van der Waals surface area (Å²) >= 11 is 0. The summed E-state index contributed by atoms with van der Waals surface area (Å²) in [5.74, 6) is 1.22. The van der Waals surface area contributed by atoms with E-state index in [1.807, 2.05) is 0 Å². The molecule has 3 N–H and O–H groups in total. The van der Waals surface area contributed by atoms with Gasteiger partial charge in [0, 0.05) is 6.08 Å². The number of hydrogen-bond donors (Lipinski definition) is 2. The van der Waals surface area contributed by atoms with E-state index >= 15 is 0 Å². The lowest BCUT2D eigenvalue weighted by atomic mass is 9.97. The topological polar surface area (TPSA) is 73.9 Å². The highest BCUT2D eigenvalue weighted by atomic mass is 16.7. The van der Waals surface area contributed by atoms with Crippen molar-refractivity contribution in [3.63, 3.8) is 0 Å². The van der Waals surface area contributed by atoms with Crippen LogP contribution in [0.15, 0.2) is 23.3 Å². The van der Waals surface area contributed by atoms with Gasteiger partial charge in [-0.05, 0) is 6.82 Å². The lowest BCUT2D eigenvalue weighted by Gasteiger charge is -2.11. The van der Waals surface area contributed by atoms with Crippen LogP contribution in [0.4, 0.5) is 0 Å². The summed E-state index contributed by atoms with van der Waals surface area (Å²) in [6, 6.07) is 0. The molecular weight excluding hydrogens is 185 g/mol. The Morgan fingerprint density at radius 3 is 3.21 bits per heavy atom. The Labute approximate surface area is 82.3 Å². The van der Waals surface area contributed by atoms with E-state index in [4.69, 9.17) is 24.9 Å². The second kappa shape index (κ2) is 3.55. The number of rotatable bonds is 3. The van der Waals surface area contributed by atoms with E-state index in [-0.39, 0.29) is 26.4 Å². The van der Waals surface area contributed by atoms with Crippen LogP contribution in [0.3, 0.4) is 0 Å². The van der Waals surface area contributed by atoms with Crippen LogP contribution in [-0.4, -0.2) is 31.5 Å². The first-order chi connectivity index (χ1) is 6.72. The number of allylic oxidation sites excluding steroid dienone is 1. The third-order valence-corrected chi connectivity index (χ3v) is 2.06. The fourth-order valence-corrected chi connectivity index (χ4v) is 1.52. The summed E-state index contributed by atoms with van der Waals surface area (Å²) in [5.41, 5.74) is 6.23. The van der Waals surface area contributed by atoms with Crippen molar-refractivity contribution >= 4 is 7.12 Å². The zero-order chi connectivity index (χ0) is 10.1. The minimum atomic E-state index is -0.323. The zero-order valence-corrected chi connectivity index (χ0v) is 7.90. The monoisotopic (exact) mass is 197 g/mol. The second-order valence-corrected chi connectivity index (χ2v) is 3.14. The van der Waals surface area contributed by atoms with E-state index in [2.05, 4.69) is 0 Å². The van der Waals surface area contributed by atoms with Crippen LogP contribution in [0.5, 0.6) is 0 Å². The van der Waals surface area contributed by atoms with Crippen LogP contribution >= 0.6 is 0 Å². The Balaban J connectivity index is 2.06. The highest BCUT2D eigenvalue weighted by molar-refractivity contribution is 6.44. The van der Waals surface area contributed by atoms with Gasteiger partial charge in [0.05, 0.1) is 12.3 Å². The van der Waals surface area contributed by atoms with Crippen molar-refractivity contribution in [1.82, 2.24) is 0 Å². The molecule has 2 rings (SSSR count). The molecule has 1 fully saturated rings. The Bertz CT molecular complexity index is 302. The molecule has 2 aliphatic rings. The summed E-state index contributed by atoms with van der Waals surface area (Å²) < 4.78 is 16.0. The molecule has 1 atom stereocenters. The molecule has 1 saturated heterocycles. The summed E-state index contributed by atoms with van der Waals surface area (Å²) in [7, 11) is -0.296. The Morgan fingerprint density at radius 2 is 2.50 bits per heavy atom. The fourth-order valence-electron chi connectivity index (χ4n) is 1.52. The Kier molecular flexibility index (Phi) is 2.39. The van der Waals surface area contributed by atoms with Crippen molar-refractivity contribution in [2.24, 2.45) is 5.73 Å². The first-order valence-electron chi connectivity index (χ1n) is 4.49. The normalized spacial score (nSPS) is 24.9. The number of fused-ring (bicyclic) bond motifs is 1. The average molecular weight is 197 g/mol. The van der Waals surface area contributed by atoms with Gasteiger partial charge in [-0.3, -0.25) is 0 Å². The summed E-state index contributed by atoms with van der Waals surface area (Å²) in [5, 5.41) is 8.62. The van der Waals surface area contributed by atoms with Crippen molar-refractivity contribution < 1.29 is 19.2 Å². The minimum absolute atomic E-state index is 0.0320. The van der Waals surface area contributed by atoms with Crippen LogP contribution < -0.4 is 5.73 Å². The number of ether oxygens (including phenoxy) is 1. The molecule has 1 aliphatic heterocycles. The van der Waals surface area contributed by atoms with E-state index in [9.17, 15) is 0 Å². The lowest BCUT2D eigenvalue weighted by Crippen LogP contribution is -2.16. The van der Waals surface area contributed by atoms with E-state index in [0.717, 1.165) is 0 Å². The summed E-state index contributed by atoms with van der Waals surface area (Å²) in [4.78, 5) is 0. The Hall–Kier alpha value is -1.14. The van der Waals surface area contributed by atoms with Crippen LogP contribution in [-0.2, 0) is 14.0 Å². The standard InChI is InChI=1S/C8H12BNO4/c1-9-13-7-5(10)4-6(8(7)14-9)12-3-2-11/h4,8,11H,2-3,10H2,1H3/t8-/m1/s1. The highest BCUT2D eigenvalue weighted by Crippen LogP contribution is 2.33. The van der Waals surface area contributed by atoms with Gasteiger partial charge in [0.15, 0.2) is 6.10 Å². The van der Waals surface area contributed by atoms with Crippen molar-refractivity contribution in [2.45, 2.75) is 12.9 Å². The number of aliphatic hydroxyl groups excluding tert-OH is 1. The third-order valence-electron chi connectivity index (χ3n) is 2.06. The van der Waals surface area contributed by atoms with Crippen LogP contribution in [0.2, 0.25) is 6.82 Å². The predicted molar refractivity (Wildman–Crippen MR) is 49.9 cm³/mol. The van der Waals surface area contributed by atoms with Gasteiger partial charge in [0.25, 0.3) is 0 Å². The SMILES string of the molecule is CB1OC2=C(N)C=C(OCCO)[C@H]2O1. The van der Waals surface area contributed by atoms with Crippen LogP contribution in [0, 0.1) is 0 Å². The molecule has 0 saturated carbocycles. The van der Waals surface area contributed by atoms with Gasteiger partial charge in [-0.2, -0.15) is 0 Å². The molecule has 0 aromatic rings. The maximum atomic E-state index is 8.62. The van der Waals surface area contributed by atoms with Crippen molar-refractivity contribution in [3.05, 3.63) is 23.3 Å². The first-order valence-corrected chi connectivity index (χ1v) is 4.49. The molecule has 0 amide bonds. The van der Waals surface area contributed by atoms with Gasteiger partial charge in [0.1, 0.15) is 18.1 Å². The zero-order valence-electron chi connectivity index (χ0n) is 7.90. The molecule has 1 heterocycles. The number of aliphatic hydroxyl groups is 1. The lowest BCUT2D eigenvalue weighted by molar-refractivity contribution is 0.109. The van der Waals surface area contributed by atoms with Gasteiger partial charge in [0.2, 0.25) is 0 Å². The van der Waals surface area contributed by atoms with Gasteiger partial charge in [-0.15, -0.1) is 0 Å². The van der Waals surface area contributed by atoms with Crippen LogP contribution in [0.1, 0.15) is 0 Å².